The summed E-state index contributed by atoms with van der Waals surface area (Å²) in [5.74, 6) is -0.127. The van der Waals surface area contributed by atoms with E-state index in [1.807, 2.05) is 0 Å². The third-order valence-corrected chi connectivity index (χ3v) is 14.4. The molecule has 4 nitrogen and oxygen atoms in total. The van der Waals surface area contributed by atoms with E-state index in [1.165, 1.54) is 13.8 Å². The van der Waals surface area contributed by atoms with Gasteiger partial charge in [-0.3, -0.25) is 0 Å². The average Bonchev–Trinajstić information content (AvgIpc) is 1.86. The molecule has 0 aliphatic rings. The van der Waals surface area contributed by atoms with Crippen molar-refractivity contribution in [2.75, 3.05) is 11.5 Å². The Hall–Kier alpha value is 1.19. The SMILES string of the molecule is CC[S](=O)(=O)[Ti][S](=O)(=O)CC.Cl.Cl. The molecule has 0 aliphatic heterocycles. The van der Waals surface area contributed by atoms with Crippen molar-refractivity contribution in [2.45, 2.75) is 13.8 Å². The number of rotatable bonds is 4. The molecule has 0 saturated carbocycles. The molecular formula is C4H12Cl2O4S2Ti. The Kier molecular flexibility index (Phi) is 11.3. The van der Waals surface area contributed by atoms with Gasteiger partial charge in [0.2, 0.25) is 0 Å². The van der Waals surface area contributed by atoms with E-state index in [2.05, 4.69) is 0 Å². The summed E-state index contributed by atoms with van der Waals surface area (Å²) in [7, 11) is -6.50. The molecule has 0 fully saturated rings. The molecule has 0 atom stereocenters. The average molecular weight is 307 g/mol. The van der Waals surface area contributed by atoms with E-state index in [0.29, 0.717) is 0 Å². The van der Waals surface area contributed by atoms with Crippen LogP contribution in [0.5, 0.6) is 0 Å². The molecule has 13 heavy (non-hydrogen) atoms. The minimum Gasteiger partial charge on any atom is -0.147 e. The van der Waals surface area contributed by atoms with Gasteiger partial charge in [-0.1, -0.05) is 0 Å². The predicted molar refractivity (Wildman–Crippen MR) is 53.4 cm³/mol. The zero-order valence-electron chi connectivity index (χ0n) is 7.18. The minimum atomic E-state index is -3.25. The number of hydrogen-bond acceptors (Lipinski definition) is 4. The van der Waals surface area contributed by atoms with Crippen LogP contribution in [-0.4, -0.2) is 28.3 Å². The second kappa shape index (κ2) is 7.48. The van der Waals surface area contributed by atoms with Crippen molar-refractivity contribution in [2.24, 2.45) is 0 Å². The van der Waals surface area contributed by atoms with E-state index in [0.717, 1.165) is 0 Å². The van der Waals surface area contributed by atoms with Gasteiger partial charge in [0.1, 0.15) is 0 Å². The van der Waals surface area contributed by atoms with E-state index in [1.54, 1.807) is 0 Å². The van der Waals surface area contributed by atoms with Crippen LogP contribution in [-0.2, 0) is 31.4 Å². The van der Waals surface area contributed by atoms with E-state index in [4.69, 9.17) is 0 Å². The van der Waals surface area contributed by atoms with Gasteiger partial charge in [0.15, 0.2) is 0 Å². The summed E-state index contributed by atoms with van der Waals surface area (Å²) in [6, 6.07) is 0. The first-order chi connectivity index (χ1) is 4.83. The molecule has 0 saturated heterocycles. The Morgan fingerprint density at radius 3 is 1.23 bits per heavy atom. The summed E-state index contributed by atoms with van der Waals surface area (Å²) >= 11 is -1.86. The standard InChI is InChI=1S/2C2H5O2S.2ClH.Ti/c2*1-2-5(3)4;;;/h2*2H2,1H3;2*1H;. The van der Waals surface area contributed by atoms with Crippen molar-refractivity contribution in [1.29, 1.82) is 0 Å². The fourth-order valence-electron chi connectivity index (χ4n) is 0.311. The van der Waals surface area contributed by atoms with E-state index < -0.39 is 31.4 Å². The maximum atomic E-state index is 10.9. The van der Waals surface area contributed by atoms with Gasteiger partial charge in [0, 0.05) is 0 Å². The third-order valence-electron chi connectivity index (χ3n) is 1.01. The third kappa shape index (κ3) is 9.50. The molecule has 0 unspecified atom stereocenters. The van der Waals surface area contributed by atoms with E-state index in [-0.39, 0.29) is 36.3 Å². The van der Waals surface area contributed by atoms with Crippen molar-refractivity contribution in [1.82, 2.24) is 0 Å². The molecule has 9 heteroatoms. The molecule has 0 amide bonds. The molecule has 0 spiro atoms. The van der Waals surface area contributed by atoms with Crippen molar-refractivity contribution in [3.8, 4) is 0 Å². The topological polar surface area (TPSA) is 68.3 Å². The smallest absolute Gasteiger partial charge is 0.147 e. The Labute approximate surface area is 97.7 Å². The normalized spacial score (nSPS) is 10.9. The minimum absolute atomic E-state index is 0. The zero-order valence-corrected chi connectivity index (χ0v) is 12.0. The number of halogens is 2. The molecular weight excluding hydrogens is 295 g/mol. The van der Waals surface area contributed by atoms with Gasteiger partial charge in [-0.15, -0.1) is 24.8 Å². The van der Waals surface area contributed by atoms with Crippen molar-refractivity contribution < 1.29 is 33.4 Å². The molecule has 0 heterocycles. The summed E-state index contributed by atoms with van der Waals surface area (Å²) < 4.78 is 43.4. The van der Waals surface area contributed by atoms with Gasteiger partial charge in [-0.05, 0) is 0 Å². The molecule has 82 valence electrons. The van der Waals surface area contributed by atoms with Gasteiger partial charge in [-0.2, -0.15) is 0 Å². The van der Waals surface area contributed by atoms with E-state index in [9.17, 15) is 16.8 Å². The van der Waals surface area contributed by atoms with Crippen LogP contribution in [0.25, 0.3) is 0 Å². The van der Waals surface area contributed by atoms with Crippen LogP contribution in [0.1, 0.15) is 13.8 Å². The van der Waals surface area contributed by atoms with Crippen LogP contribution in [0.4, 0.5) is 0 Å². The molecule has 0 aromatic rings. The molecule has 0 aliphatic carbocycles. The van der Waals surface area contributed by atoms with Crippen LogP contribution in [0.2, 0.25) is 0 Å². The maximum absolute atomic E-state index is 10.9. The Morgan fingerprint density at radius 2 is 1.08 bits per heavy atom. The Bertz CT molecular complexity index is 277. The first kappa shape index (κ1) is 19.7. The summed E-state index contributed by atoms with van der Waals surface area (Å²) in [5.41, 5.74) is 0. The Morgan fingerprint density at radius 1 is 0.846 bits per heavy atom. The Balaban J connectivity index is -0.000000500. The second-order valence-corrected chi connectivity index (χ2v) is 14.3. The van der Waals surface area contributed by atoms with Crippen LogP contribution < -0.4 is 0 Å². The first-order valence-corrected chi connectivity index (χ1v) is 10.2. The largest absolute Gasteiger partial charge is 0.147 e. The number of hydrogen-bond donors (Lipinski definition) is 0. The van der Waals surface area contributed by atoms with Gasteiger partial charge < -0.3 is 0 Å². The maximum Gasteiger partial charge on any atom is -0.147 e. The van der Waals surface area contributed by atoms with Crippen molar-refractivity contribution >= 4 is 39.7 Å². The van der Waals surface area contributed by atoms with Crippen LogP contribution in [0.15, 0.2) is 0 Å². The molecule has 0 aromatic carbocycles. The van der Waals surface area contributed by atoms with Crippen LogP contribution >= 0.6 is 24.8 Å². The van der Waals surface area contributed by atoms with Crippen molar-refractivity contribution in [3.05, 3.63) is 0 Å². The molecule has 0 aromatic heterocycles. The van der Waals surface area contributed by atoms with Gasteiger partial charge in [0.05, 0.1) is 0 Å². The monoisotopic (exact) mass is 306 g/mol. The summed E-state index contributed by atoms with van der Waals surface area (Å²) in [4.78, 5) is 0. The first-order valence-electron chi connectivity index (χ1n) is 3.07. The van der Waals surface area contributed by atoms with E-state index >= 15 is 0 Å². The molecule has 0 bridgehead atoms. The van der Waals surface area contributed by atoms with Gasteiger partial charge in [0.25, 0.3) is 0 Å². The molecule has 0 radical (unpaired) electrons. The summed E-state index contributed by atoms with van der Waals surface area (Å²) in [5, 5.41) is 0. The van der Waals surface area contributed by atoms with Crippen molar-refractivity contribution in [3.63, 3.8) is 0 Å². The zero-order chi connectivity index (χ0) is 9.12. The molecule has 0 N–H and O–H groups in total. The quantitative estimate of drug-likeness (QED) is 0.714. The van der Waals surface area contributed by atoms with Gasteiger partial charge in [-0.25, -0.2) is 0 Å². The second-order valence-electron chi connectivity index (χ2n) is 1.89. The summed E-state index contributed by atoms with van der Waals surface area (Å²) in [6.45, 7) is 2.92. The fourth-order valence-corrected chi connectivity index (χ4v) is 11.6. The summed E-state index contributed by atoms with van der Waals surface area (Å²) in [6.07, 6.45) is 0. The predicted octanol–water partition coefficient (Wildman–Crippen LogP) is 0.612. The fraction of sp³-hybridized carbons (Fsp3) is 1.00. The van der Waals surface area contributed by atoms with Crippen LogP contribution in [0, 0.1) is 0 Å². The molecule has 0 rings (SSSR count). The van der Waals surface area contributed by atoms with Crippen LogP contribution in [0.3, 0.4) is 0 Å². The van der Waals surface area contributed by atoms with Gasteiger partial charge >= 0.3 is 73.6 Å².